The Morgan fingerprint density at radius 3 is 1.58 bits per heavy atom. The highest BCUT2D eigenvalue weighted by molar-refractivity contribution is 6.30. The Kier molecular flexibility index (Phi) is 13.0. The maximum Gasteiger partial charge on any atom is 0.416 e. The average Bonchev–Trinajstić information content (AvgIpc) is 3.23. The Morgan fingerprint density at radius 2 is 1.15 bits per heavy atom. The molecule has 4 aromatic carbocycles. The minimum Gasteiger partial charge on any atom is -0.389 e. The summed E-state index contributed by atoms with van der Waals surface area (Å²) < 4.78 is 77.4. The van der Waals surface area contributed by atoms with Gasteiger partial charge in [0.05, 0.1) is 28.4 Å². The smallest absolute Gasteiger partial charge is 0.389 e. The van der Waals surface area contributed by atoms with E-state index in [4.69, 9.17) is 16.9 Å². The molecule has 2 amide bonds. The standard InChI is InChI=1S/C24H19F3N4O2.C21H13ClF3N3O/c1-14-5-6-19(30-23(33)15-3-2-4-18(8-15)24(25,26)27)9-21(14)17-7-16(10-28)22(29-11-17)31-12-20(32)13-31;1-12-5-6-17(9-18(12)15-7-14(10-26)19(22)27-11-15)28-20(29)13-3-2-4-16(8-13)21(23,24)25/h2-9,11,20,32H,12-13H2,1H3,(H,30,33);2-9,11H,1H3,(H,28,29). The number of aliphatic hydroxyl groups excluding tert-OH is 1. The third kappa shape index (κ3) is 10.4. The molecular formula is C45H32ClF6N7O3. The number of aryl methyl sites for hydroxylation is 2. The van der Waals surface area contributed by atoms with E-state index < -0.39 is 41.4 Å². The van der Waals surface area contributed by atoms with Crippen LogP contribution in [0.15, 0.2) is 109 Å². The SMILES string of the molecule is Cc1ccc(NC(=O)c2cccc(C(F)(F)F)c2)cc1-c1cnc(Cl)c(C#N)c1.Cc1ccc(NC(=O)c2cccc(C(F)(F)F)c2)cc1-c1cnc(N2CC(O)C2)c(C#N)c1. The van der Waals surface area contributed by atoms with Crippen LogP contribution in [0.3, 0.4) is 0 Å². The summed E-state index contributed by atoms with van der Waals surface area (Å²) in [5.74, 6) is -0.838. The minimum absolute atomic E-state index is 0.0860. The number of amides is 2. The van der Waals surface area contributed by atoms with Crippen LogP contribution in [0.2, 0.25) is 5.15 Å². The molecule has 7 rings (SSSR count). The first-order valence-corrected chi connectivity index (χ1v) is 18.8. The van der Waals surface area contributed by atoms with Crippen LogP contribution in [0, 0.1) is 36.5 Å². The fourth-order valence-corrected chi connectivity index (χ4v) is 6.49. The number of halogens is 7. The lowest BCUT2D eigenvalue weighted by molar-refractivity contribution is -0.138. The normalized spacial score (nSPS) is 12.5. The van der Waals surface area contributed by atoms with Gasteiger partial charge in [-0.05, 0) is 109 Å². The largest absolute Gasteiger partial charge is 0.416 e. The molecule has 0 bridgehead atoms. The van der Waals surface area contributed by atoms with Crippen molar-refractivity contribution in [2.24, 2.45) is 0 Å². The summed E-state index contributed by atoms with van der Waals surface area (Å²) in [5, 5.41) is 33.5. The van der Waals surface area contributed by atoms with Crippen LogP contribution in [0.1, 0.15) is 54.1 Å². The van der Waals surface area contributed by atoms with E-state index in [0.29, 0.717) is 52.5 Å². The Hall–Kier alpha value is -7.27. The van der Waals surface area contributed by atoms with Crippen LogP contribution in [0.4, 0.5) is 43.5 Å². The number of hydrogen-bond donors (Lipinski definition) is 3. The third-order valence-corrected chi connectivity index (χ3v) is 9.93. The molecule has 3 heterocycles. The van der Waals surface area contributed by atoms with Crippen LogP contribution >= 0.6 is 11.6 Å². The average molecular weight is 868 g/mol. The molecule has 3 N–H and O–H groups in total. The Labute approximate surface area is 355 Å². The van der Waals surface area contributed by atoms with Gasteiger partial charge < -0.3 is 20.6 Å². The Balaban J connectivity index is 0.000000209. The highest BCUT2D eigenvalue weighted by atomic mass is 35.5. The van der Waals surface area contributed by atoms with Crippen LogP contribution < -0.4 is 15.5 Å². The minimum atomic E-state index is -4.54. The number of alkyl halides is 6. The van der Waals surface area contributed by atoms with E-state index in [9.17, 15) is 46.3 Å². The number of aliphatic hydroxyl groups is 1. The van der Waals surface area contributed by atoms with Gasteiger partial charge in [-0.1, -0.05) is 35.9 Å². The molecule has 6 aromatic rings. The molecule has 0 radical (unpaired) electrons. The molecule has 0 atom stereocenters. The molecule has 0 saturated carbocycles. The number of nitriles is 2. The fraction of sp³-hybridized carbons (Fsp3) is 0.156. The van der Waals surface area contributed by atoms with E-state index in [-0.39, 0.29) is 21.8 Å². The zero-order valence-corrected chi connectivity index (χ0v) is 33.3. The van der Waals surface area contributed by atoms with Gasteiger partial charge in [0.1, 0.15) is 23.1 Å². The molecule has 0 unspecified atom stereocenters. The van der Waals surface area contributed by atoms with Gasteiger partial charge in [-0.15, -0.1) is 0 Å². The van der Waals surface area contributed by atoms with Gasteiger partial charge in [0.25, 0.3) is 11.8 Å². The predicted molar refractivity (Wildman–Crippen MR) is 220 cm³/mol. The number of carbonyl (C=O) groups excluding carboxylic acids is 2. The number of anilines is 3. The van der Waals surface area contributed by atoms with E-state index in [0.717, 1.165) is 41.0 Å². The molecule has 0 aliphatic carbocycles. The van der Waals surface area contributed by atoms with Crippen LogP contribution in [-0.2, 0) is 12.4 Å². The summed E-state index contributed by atoms with van der Waals surface area (Å²) >= 11 is 5.87. The molecule has 314 valence electrons. The lowest BCUT2D eigenvalue weighted by atomic mass is 9.99. The number of rotatable bonds is 7. The quantitative estimate of drug-likeness (QED) is 0.106. The Bertz CT molecular complexity index is 2780. The van der Waals surface area contributed by atoms with Gasteiger partial charge in [0.15, 0.2) is 0 Å². The zero-order valence-electron chi connectivity index (χ0n) is 32.5. The van der Waals surface area contributed by atoms with Gasteiger partial charge in [-0.3, -0.25) is 9.59 Å². The van der Waals surface area contributed by atoms with Crippen LogP contribution in [0.25, 0.3) is 22.3 Å². The molecule has 1 fully saturated rings. The number of aromatic nitrogens is 2. The number of benzene rings is 4. The van der Waals surface area contributed by atoms with Gasteiger partial charge >= 0.3 is 12.4 Å². The first-order chi connectivity index (χ1) is 29.3. The lowest BCUT2D eigenvalue weighted by Gasteiger charge is -2.37. The maximum atomic E-state index is 13.0. The number of carbonyl (C=O) groups is 2. The molecule has 10 nitrogen and oxygen atoms in total. The van der Waals surface area contributed by atoms with Gasteiger partial charge in [0.2, 0.25) is 0 Å². The summed E-state index contributed by atoms with van der Waals surface area (Å²) in [7, 11) is 0. The molecule has 62 heavy (non-hydrogen) atoms. The number of β-amino-alcohol motifs (C(OH)–C–C–N with tert-alkyl or cyclic N) is 1. The lowest BCUT2D eigenvalue weighted by Crippen LogP contribution is -2.51. The summed E-state index contributed by atoms with van der Waals surface area (Å²) in [5.41, 5.74) is 3.76. The molecule has 0 spiro atoms. The molecule has 1 aliphatic heterocycles. The highest BCUT2D eigenvalue weighted by Crippen LogP contribution is 2.34. The van der Waals surface area contributed by atoms with Crippen molar-refractivity contribution in [1.82, 2.24) is 9.97 Å². The van der Waals surface area contributed by atoms with Crippen molar-refractivity contribution in [2.75, 3.05) is 28.6 Å². The van der Waals surface area contributed by atoms with Crippen molar-refractivity contribution < 1.29 is 41.0 Å². The molecule has 1 saturated heterocycles. The summed E-state index contributed by atoms with van der Waals surface area (Å²) in [6, 6.07) is 25.9. The van der Waals surface area contributed by atoms with Crippen molar-refractivity contribution in [3.63, 3.8) is 0 Å². The van der Waals surface area contributed by atoms with Crippen LogP contribution in [-0.4, -0.2) is 46.1 Å². The monoisotopic (exact) mass is 867 g/mol. The van der Waals surface area contributed by atoms with Crippen molar-refractivity contribution >= 4 is 40.6 Å². The second-order valence-corrected chi connectivity index (χ2v) is 14.4. The van der Waals surface area contributed by atoms with Gasteiger partial charge in [-0.2, -0.15) is 36.9 Å². The number of pyridine rings is 2. The van der Waals surface area contributed by atoms with E-state index in [2.05, 4.69) is 26.7 Å². The second kappa shape index (κ2) is 18.1. The van der Waals surface area contributed by atoms with E-state index >= 15 is 0 Å². The van der Waals surface area contributed by atoms with E-state index in [1.807, 2.05) is 24.8 Å². The topological polar surface area (TPSA) is 155 Å². The van der Waals surface area contributed by atoms with Crippen molar-refractivity contribution in [2.45, 2.75) is 32.3 Å². The number of nitrogens with one attached hydrogen (secondary N) is 2. The van der Waals surface area contributed by atoms with Crippen molar-refractivity contribution in [3.05, 3.63) is 159 Å². The zero-order chi connectivity index (χ0) is 44.9. The molecule has 2 aromatic heterocycles. The summed E-state index contributed by atoms with van der Waals surface area (Å²) in [6.07, 6.45) is -6.39. The van der Waals surface area contributed by atoms with E-state index in [1.54, 1.807) is 54.7 Å². The first-order valence-electron chi connectivity index (χ1n) is 18.4. The highest BCUT2D eigenvalue weighted by Gasteiger charge is 2.32. The predicted octanol–water partition coefficient (Wildman–Crippen LogP) is 10.2. The summed E-state index contributed by atoms with van der Waals surface area (Å²) in [4.78, 5) is 35.2. The molecular weight excluding hydrogens is 836 g/mol. The summed E-state index contributed by atoms with van der Waals surface area (Å²) in [6.45, 7) is 4.53. The number of nitrogens with zero attached hydrogens (tertiary/aromatic N) is 5. The maximum absolute atomic E-state index is 13.0. The second-order valence-electron chi connectivity index (χ2n) is 14.1. The van der Waals surface area contributed by atoms with Crippen molar-refractivity contribution in [3.8, 4) is 34.4 Å². The third-order valence-electron chi connectivity index (χ3n) is 9.63. The van der Waals surface area contributed by atoms with E-state index in [1.165, 1.54) is 30.5 Å². The Morgan fingerprint density at radius 1 is 0.694 bits per heavy atom. The number of hydrogen-bond acceptors (Lipinski definition) is 8. The van der Waals surface area contributed by atoms with Gasteiger partial charge in [-0.25, -0.2) is 9.97 Å². The van der Waals surface area contributed by atoms with Gasteiger partial charge in [0, 0.05) is 59.1 Å². The first kappa shape index (κ1) is 44.3. The van der Waals surface area contributed by atoms with Crippen LogP contribution in [0.5, 0.6) is 0 Å². The molecule has 17 heteroatoms. The fourth-order valence-electron chi connectivity index (χ4n) is 6.34. The van der Waals surface area contributed by atoms with Crippen molar-refractivity contribution in [1.29, 1.82) is 10.5 Å². The molecule has 1 aliphatic rings.